The summed E-state index contributed by atoms with van der Waals surface area (Å²) >= 11 is 0. The molecule has 0 atom stereocenters. The predicted octanol–water partition coefficient (Wildman–Crippen LogP) is 2.52. The molecular weight excluding hydrogens is 233 g/mol. The molecule has 0 spiro atoms. The maximum Gasteiger partial charge on any atom is 0.328 e. The molecule has 2 rings (SSSR count). The molecule has 1 N–H and O–H groups in total. The molecular formula is C14H16FNO2. The average Bonchev–Trinajstić information content (AvgIpc) is 3.13. The lowest BCUT2D eigenvalue weighted by atomic mass is 10.1. The monoisotopic (exact) mass is 249 g/mol. The van der Waals surface area contributed by atoms with Crippen molar-refractivity contribution in [2.45, 2.75) is 25.4 Å². The Kier molecular flexibility index (Phi) is 3.77. The van der Waals surface area contributed by atoms with Gasteiger partial charge in [0.05, 0.1) is 0 Å². The molecule has 0 aromatic heterocycles. The third-order valence-electron chi connectivity index (χ3n) is 3.09. The molecule has 0 heterocycles. The first-order valence-corrected chi connectivity index (χ1v) is 5.96. The van der Waals surface area contributed by atoms with Crippen molar-refractivity contribution < 1.29 is 14.3 Å². The van der Waals surface area contributed by atoms with E-state index in [0.29, 0.717) is 23.7 Å². The van der Waals surface area contributed by atoms with Crippen LogP contribution in [0.25, 0.3) is 6.08 Å². The molecule has 1 aliphatic carbocycles. The highest BCUT2D eigenvalue weighted by atomic mass is 19.1. The summed E-state index contributed by atoms with van der Waals surface area (Å²) in [6.45, 7) is 0.597. The Balaban J connectivity index is 2.06. The van der Waals surface area contributed by atoms with Gasteiger partial charge in [-0.15, -0.1) is 0 Å². The minimum Gasteiger partial charge on any atom is -0.478 e. The summed E-state index contributed by atoms with van der Waals surface area (Å²) < 4.78 is 13.8. The van der Waals surface area contributed by atoms with Crippen molar-refractivity contribution in [1.29, 1.82) is 0 Å². The molecule has 1 fully saturated rings. The lowest BCUT2D eigenvalue weighted by Gasteiger charge is -2.16. The number of nitrogens with zero attached hydrogens (tertiary/aromatic N) is 1. The number of hydrogen-bond donors (Lipinski definition) is 1. The normalized spacial score (nSPS) is 15.5. The molecule has 0 aliphatic heterocycles. The summed E-state index contributed by atoms with van der Waals surface area (Å²) in [6, 6.07) is 5.42. The standard InChI is InChI=1S/C14H16FNO2/c1-16(12-5-6-12)9-11-4-2-10(8-13(11)15)3-7-14(17)18/h2-4,7-8,12H,5-6,9H2,1H3,(H,17,18)/b7-3+. The smallest absolute Gasteiger partial charge is 0.328 e. The van der Waals surface area contributed by atoms with Crippen molar-refractivity contribution in [1.82, 2.24) is 4.90 Å². The van der Waals surface area contributed by atoms with Crippen LogP contribution in [0.15, 0.2) is 24.3 Å². The number of aliphatic carboxylic acids is 1. The maximum atomic E-state index is 13.8. The second-order valence-electron chi connectivity index (χ2n) is 4.67. The number of benzene rings is 1. The Bertz CT molecular complexity index is 481. The Labute approximate surface area is 106 Å². The van der Waals surface area contributed by atoms with Crippen LogP contribution >= 0.6 is 0 Å². The van der Waals surface area contributed by atoms with E-state index < -0.39 is 5.97 Å². The minimum atomic E-state index is -1.03. The van der Waals surface area contributed by atoms with E-state index in [9.17, 15) is 9.18 Å². The molecule has 96 valence electrons. The van der Waals surface area contributed by atoms with E-state index in [4.69, 9.17) is 5.11 Å². The number of carboxylic acids is 1. The highest BCUT2D eigenvalue weighted by Gasteiger charge is 2.26. The fourth-order valence-electron chi connectivity index (χ4n) is 1.88. The van der Waals surface area contributed by atoms with Gasteiger partial charge in [-0.25, -0.2) is 9.18 Å². The van der Waals surface area contributed by atoms with Crippen LogP contribution in [0.1, 0.15) is 24.0 Å². The van der Waals surface area contributed by atoms with E-state index in [1.165, 1.54) is 25.0 Å². The van der Waals surface area contributed by atoms with E-state index in [1.54, 1.807) is 12.1 Å². The highest BCUT2D eigenvalue weighted by Crippen LogP contribution is 2.27. The third-order valence-corrected chi connectivity index (χ3v) is 3.09. The minimum absolute atomic E-state index is 0.282. The van der Waals surface area contributed by atoms with Crippen molar-refractivity contribution in [3.05, 3.63) is 41.2 Å². The zero-order valence-electron chi connectivity index (χ0n) is 10.3. The summed E-state index contributed by atoms with van der Waals surface area (Å²) in [4.78, 5) is 12.5. The number of rotatable bonds is 5. The summed E-state index contributed by atoms with van der Waals surface area (Å²) in [5, 5.41) is 8.50. The molecule has 1 aliphatic rings. The van der Waals surface area contributed by atoms with E-state index in [-0.39, 0.29) is 5.82 Å². The Morgan fingerprint density at radius 3 is 2.83 bits per heavy atom. The van der Waals surface area contributed by atoms with Gasteiger partial charge >= 0.3 is 5.97 Å². The molecule has 18 heavy (non-hydrogen) atoms. The first kappa shape index (κ1) is 12.8. The largest absolute Gasteiger partial charge is 0.478 e. The fourth-order valence-corrected chi connectivity index (χ4v) is 1.88. The second-order valence-corrected chi connectivity index (χ2v) is 4.67. The first-order chi connectivity index (χ1) is 8.56. The maximum absolute atomic E-state index is 13.8. The van der Waals surface area contributed by atoms with Crippen LogP contribution in [0.3, 0.4) is 0 Å². The molecule has 1 aromatic rings. The molecule has 0 bridgehead atoms. The van der Waals surface area contributed by atoms with E-state index in [2.05, 4.69) is 4.90 Å². The van der Waals surface area contributed by atoms with Crippen LogP contribution in [0, 0.1) is 5.82 Å². The van der Waals surface area contributed by atoms with Crippen molar-refractivity contribution in [3.63, 3.8) is 0 Å². The van der Waals surface area contributed by atoms with Gasteiger partial charge in [-0.1, -0.05) is 12.1 Å². The molecule has 4 heteroatoms. The molecule has 1 saturated carbocycles. The van der Waals surface area contributed by atoms with Crippen LogP contribution < -0.4 is 0 Å². The molecule has 3 nitrogen and oxygen atoms in total. The molecule has 1 aromatic carbocycles. The van der Waals surface area contributed by atoms with Gasteiger partial charge in [-0.05, 0) is 37.6 Å². The van der Waals surface area contributed by atoms with Crippen molar-refractivity contribution in [2.75, 3.05) is 7.05 Å². The van der Waals surface area contributed by atoms with Crippen LogP contribution in [0.4, 0.5) is 4.39 Å². The van der Waals surface area contributed by atoms with Crippen molar-refractivity contribution >= 4 is 12.0 Å². The first-order valence-electron chi connectivity index (χ1n) is 5.96. The van der Waals surface area contributed by atoms with Crippen LogP contribution in [-0.4, -0.2) is 29.1 Å². The van der Waals surface area contributed by atoms with Gasteiger partial charge in [0.1, 0.15) is 5.82 Å². The second kappa shape index (κ2) is 5.31. The lowest BCUT2D eigenvalue weighted by molar-refractivity contribution is -0.131. The average molecular weight is 249 g/mol. The number of halogens is 1. The van der Waals surface area contributed by atoms with Gasteiger partial charge in [0, 0.05) is 24.2 Å². The van der Waals surface area contributed by atoms with Crippen molar-refractivity contribution in [3.8, 4) is 0 Å². The van der Waals surface area contributed by atoms with Gasteiger partial charge < -0.3 is 5.11 Å². The Morgan fingerprint density at radius 1 is 1.56 bits per heavy atom. The van der Waals surface area contributed by atoms with Gasteiger partial charge in [0.25, 0.3) is 0 Å². The van der Waals surface area contributed by atoms with Crippen LogP contribution in [0.2, 0.25) is 0 Å². The third kappa shape index (κ3) is 3.40. The van der Waals surface area contributed by atoms with E-state index in [1.807, 2.05) is 7.05 Å². The molecule has 0 radical (unpaired) electrons. The highest BCUT2D eigenvalue weighted by molar-refractivity contribution is 5.85. The van der Waals surface area contributed by atoms with Crippen LogP contribution in [0.5, 0.6) is 0 Å². The fraction of sp³-hybridized carbons (Fsp3) is 0.357. The SMILES string of the molecule is CN(Cc1ccc(/C=C/C(=O)O)cc1F)C1CC1. The number of carboxylic acid groups (broad SMARTS) is 1. The summed E-state index contributed by atoms with van der Waals surface area (Å²) in [6.07, 6.45) is 4.78. The van der Waals surface area contributed by atoms with Crippen LogP contribution in [-0.2, 0) is 11.3 Å². The van der Waals surface area contributed by atoms with E-state index >= 15 is 0 Å². The van der Waals surface area contributed by atoms with Gasteiger partial charge in [-0.3, -0.25) is 4.90 Å². The van der Waals surface area contributed by atoms with Gasteiger partial charge in [0.2, 0.25) is 0 Å². The zero-order valence-corrected chi connectivity index (χ0v) is 10.3. The molecule has 0 unspecified atom stereocenters. The van der Waals surface area contributed by atoms with Gasteiger partial charge in [-0.2, -0.15) is 0 Å². The topological polar surface area (TPSA) is 40.5 Å². The quantitative estimate of drug-likeness (QED) is 0.815. The van der Waals surface area contributed by atoms with E-state index in [0.717, 1.165) is 6.08 Å². The summed E-state index contributed by atoms with van der Waals surface area (Å²) in [7, 11) is 2.00. The lowest BCUT2D eigenvalue weighted by Crippen LogP contribution is -2.20. The summed E-state index contributed by atoms with van der Waals surface area (Å²) in [5.41, 5.74) is 1.21. The number of hydrogen-bond acceptors (Lipinski definition) is 2. The Morgan fingerprint density at radius 2 is 2.28 bits per heavy atom. The summed E-state index contributed by atoms with van der Waals surface area (Å²) in [5.74, 6) is -1.32. The Hall–Kier alpha value is -1.68. The zero-order chi connectivity index (χ0) is 13.1. The molecule has 0 saturated heterocycles. The predicted molar refractivity (Wildman–Crippen MR) is 67.6 cm³/mol. The number of carbonyl (C=O) groups is 1. The van der Waals surface area contributed by atoms with Gasteiger partial charge in [0.15, 0.2) is 0 Å². The molecule has 0 amide bonds. The van der Waals surface area contributed by atoms with Crippen molar-refractivity contribution in [2.24, 2.45) is 0 Å².